The van der Waals surface area contributed by atoms with E-state index < -0.39 is 0 Å². The fourth-order valence-electron chi connectivity index (χ4n) is 1.97. The van der Waals surface area contributed by atoms with Gasteiger partial charge in [0.2, 0.25) is 0 Å². The van der Waals surface area contributed by atoms with E-state index in [1.807, 2.05) is 31.2 Å². The first kappa shape index (κ1) is 18.8. The number of aryl methyl sites for hydroxylation is 1. The molecular weight excluding hydrogens is 388 g/mol. The molecule has 132 valence electrons. The van der Waals surface area contributed by atoms with Gasteiger partial charge in [-0.15, -0.1) is 0 Å². The maximum atomic E-state index is 11.8. The molecule has 2 aromatic carbocycles. The minimum Gasteiger partial charge on any atom is -0.496 e. The minimum absolute atomic E-state index is 0.121. The average molecular weight is 407 g/mol. The van der Waals surface area contributed by atoms with Crippen molar-refractivity contribution in [3.63, 3.8) is 0 Å². The predicted octanol–water partition coefficient (Wildman–Crippen LogP) is 3.30. The van der Waals surface area contributed by atoms with Crippen LogP contribution in [0, 0.1) is 6.92 Å². The summed E-state index contributed by atoms with van der Waals surface area (Å²) in [5, 5.41) is 3.93. The summed E-state index contributed by atoms with van der Waals surface area (Å²) in [5.41, 5.74) is 4.23. The Morgan fingerprint density at radius 2 is 1.84 bits per heavy atom. The number of rotatable bonds is 7. The predicted molar refractivity (Wildman–Crippen MR) is 99.7 cm³/mol. The molecular formula is C18H19BrN2O4. The van der Waals surface area contributed by atoms with E-state index in [0.29, 0.717) is 22.8 Å². The molecule has 25 heavy (non-hydrogen) atoms. The van der Waals surface area contributed by atoms with Crippen LogP contribution in [0.4, 0.5) is 0 Å². The van der Waals surface area contributed by atoms with Gasteiger partial charge in [0.1, 0.15) is 17.2 Å². The van der Waals surface area contributed by atoms with E-state index in [0.717, 1.165) is 10.0 Å². The molecule has 0 aliphatic heterocycles. The van der Waals surface area contributed by atoms with E-state index in [1.54, 1.807) is 26.4 Å². The number of carbonyl (C=O) groups is 1. The van der Waals surface area contributed by atoms with Crippen molar-refractivity contribution in [3.8, 4) is 17.2 Å². The lowest BCUT2D eigenvalue weighted by Crippen LogP contribution is -2.24. The van der Waals surface area contributed by atoms with Gasteiger partial charge in [-0.3, -0.25) is 4.79 Å². The Balaban J connectivity index is 1.92. The number of ether oxygens (including phenoxy) is 3. The molecule has 6 nitrogen and oxygen atoms in total. The molecule has 0 bridgehead atoms. The van der Waals surface area contributed by atoms with Crippen LogP contribution in [0.2, 0.25) is 0 Å². The second-order valence-corrected chi connectivity index (χ2v) is 5.98. The van der Waals surface area contributed by atoms with Crippen LogP contribution in [0.25, 0.3) is 0 Å². The highest BCUT2D eigenvalue weighted by Gasteiger charge is 2.08. The van der Waals surface area contributed by atoms with Gasteiger partial charge < -0.3 is 14.2 Å². The molecule has 0 aromatic heterocycles. The minimum atomic E-state index is -0.358. The third-order valence-electron chi connectivity index (χ3n) is 3.29. The van der Waals surface area contributed by atoms with Gasteiger partial charge in [-0.1, -0.05) is 17.7 Å². The normalized spacial score (nSPS) is 10.6. The van der Waals surface area contributed by atoms with Gasteiger partial charge in [0.15, 0.2) is 6.61 Å². The number of hydrazone groups is 1. The Kier molecular flexibility index (Phi) is 6.82. The van der Waals surface area contributed by atoms with E-state index >= 15 is 0 Å². The summed E-state index contributed by atoms with van der Waals surface area (Å²) >= 11 is 3.40. The maximum Gasteiger partial charge on any atom is 0.277 e. The number of hydrogen-bond acceptors (Lipinski definition) is 5. The molecule has 0 heterocycles. The van der Waals surface area contributed by atoms with Crippen LogP contribution in [-0.4, -0.2) is 32.9 Å². The van der Waals surface area contributed by atoms with Crippen LogP contribution in [0.1, 0.15) is 11.1 Å². The van der Waals surface area contributed by atoms with E-state index in [4.69, 9.17) is 14.2 Å². The van der Waals surface area contributed by atoms with Gasteiger partial charge in [-0.05, 0) is 41.1 Å². The molecule has 0 spiro atoms. The van der Waals surface area contributed by atoms with Crippen molar-refractivity contribution in [1.29, 1.82) is 0 Å². The number of methoxy groups -OCH3 is 2. The summed E-state index contributed by atoms with van der Waals surface area (Å²) in [6, 6.07) is 11.0. The fraction of sp³-hybridized carbons (Fsp3) is 0.222. The van der Waals surface area contributed by atoms with Crippen LogP contribution >= 0.6 is 15.9 Å². The van der Waals surface area contributed by atoms with Gasteiger partial charge in [-0.25, -0.2) is 5.43 Å². The van der Waals surface area contributed by atoms with E-state index in [1.165, 1.54) is 6.21 Å². The molecule has 0 fully saturated rings. The summed E-state index contributed by atoms with van der Waals surface area (Å²) in [6.07, 6.45) is 1.49. The Labute approximate surface area is 154 Å². The first-order valence-electron chi connectivity index (χ1n) is 7.46. The molecule has 0 saturated heterocycles. The Morgan fingerprint density at radius 1 is 1.16 bits per heavy atom. The number of amides is 1. The second kappa shape index (κ2) is 9.08. The maximum absolute atomic E-state index is 11.8. The van der Waals surface area contributed by atoms with Crippen LogP contribution in [0.15, 0.2) is 46.0 Å². The van der Waals surface area contributed by atoms with Crippen molar-refractivity contribution < 1.29 is 19.0 Å². The molecule has 2 rings (SSSR count). The standard InChI is InChI=1S/C18H19BrN2O4/c1-12-4-6-14(7-5-12)25-11-18(22)21-20-10-13-8-15(19)17(24-3)9-16(13)23-2/h4-10H,11H2,1-3H3,(H,21,22)/b20-10+. The fourth-order valence-corrected chi connectivity index (χ4v) is 2.50. The summed E-state index contributed by atoms with van der Waals surface area (Å²) in [7, 11) is 3.12. The summed E-state index contributed by atoms with van der Waals surface area (Å²) < 4.78 is 16.6. The molecule has 2 aromatic rings. The molecule has 0 unspecified atom stereocenters. The molecule has 0 aliphatic carbocycles. The van der Waals surface area contributed by atoms with Gasteiger partial charge >= 0.3 is 0 Å². The molecule has 0 aliphatic rings. The first-order valence-corrected chi connectivity index (χ1v) is 8.25. The third kappa shape index (κ3) is 5.49. The quantitative estimate of drug-likeness (QED) is 0.565. The van der Waals surface area contributed by atoms with Crippen LogP contribution in [-0.2, 0) is 4.79 Å². The van der Waals surface area contributed by atoms with E-state index in [9.17, 15) is 4.79 Å². The second-order valence-electron chi connectivity index (χ2n) is 5.12. The van der Waals surface area contributed by atoms with Crippen molar-refractivity contribution in [2.24, 2.45) is 5.10 Å². The van der Waals surface area contributed by atoms with Gasteiger partial charge in [0.05, 0.1) is 24.9 Å². The molecule has 0 atom stereocenters. The lowest BCUT2D eigenvalue weighted by molar-refractivity contribution is -0.123. The SMILES string of the molecule is COc1cc(OC)c(/C=N/NC(=O)COc2ccc(C)cc2)cc1Br. The zero-order chi connectivity index (χ0) is 18.2. The van der Waals surface area contributed by atoms with Crippen molar-refractivity contribution in [1.82, 2.24) is 5.43 Å². The summed E-state index contributed by atoms with van der Waals surface area (Å²) in [4.78, 5) is 11.8. The van der Waals surface area contributed by atoms with Gasteiger partial charge in [0.25, 0.3) is 5.91 Å². The zero-order valence-corrected chi connectivity index (χ0v) is 15.8. The highest BCUT2D eigenvalue weighted by molar-refractivity contribution is 9.10. The zero-order valence-electron chi connectivity index (χ0n) is 14.2. The molecule has 1 amide bonds. The lowest BCUT2D eigenvalue weighted by Gasteiger charge is -2.09. The molecule has 7 heteroatoms. The summed E-state index contributed by atoms with van der Waals surface area (Å²) in [6.45, 7) is 1.86. The highest BCUT2D eigenvalue weighted by Crippen LogP contribution is 2.31. The van der Waals surface area contributed by atoms with Crippen LogP contribution in [0.3, 0.4) is 0 Å². The monoisotopic (exact) mass is 406 g/mol. The number of nitrogens with zero attached hydrogens (tertiary/aromatic N) is 1. The Morgan fingerprint density at radius 3 is 2.48 bits per heavy atom. The van der Waals surface area contributed by atoms with Crippen molar-refractivity contribution in [2.75, 3.05) is 20.8 Å². The smallest absolute Gasteiger partial charge is 0.277 e. The summed E-state index contributed by atoms with van der Waals surface area (Å²) in [5.74, 6) is 1.49. The largest absolute Gasteiger partial charge is 0.496 e. The third-order valence-corrected chi connectivity index (χ3v) is 3.91. The van der Waals surface area contributed by atoms with E-state index in [2.05, 4.69) is 26.5 Å². The van der Waals surface area contributed by atoms with Crippen molar-refractivity contribution >= 4 is 28.1 Å². The van der Waals surface area contributed by atoms with Crippen molar-refractivity contribution in [3.05, 3.63) is 52.0 Å². The molecule has 0 radical (unpaired) electrons. The molecule has 1 N–H and O–H groups in total. The number of carbonyl (C=O) groups excluding carboxylic acids is 1. The lowest BCUT2D eigenvalue weighted by atomic mass is 10.2. The van der Waals surface area contributed by atoms with Crippen LogP contribution in [0.5, 0.6) is 17.2 Å². The highest BCUT2D eigenvalue weighted by atomic mass is 79.9. The molecule has 0 saturated carbocycles. The van der Waals surface area contributed by atoms with Gasteiger partial charge in [-0.2, -0.15) is 5.10 Å². The van der Waals surface area contributed by atoms with Gasteiger partial charge in [0, 0.05) is 11.6 Å². The Bertz CT molecular complexity index is 760. The van der Waals surface area contributed by atoms with Crippen molar-refractivity contribution in [2.45, 2.75) is 6.92 Å². The number of hydrogen-bond donors (Lipinski definition) is 1. The first-order chi connectivity index (χ1) is 12.0. The topological polar surface area (TPSA) is 69.2 Å². The number of halogens is 1. The number of benzene rings is 2. The van der Waals surface area contributed by atoms with E-state index in [-0.39, 0.29) is 12.5 Å². The Hall–Kier alpha value is -2.54. The number of nitrogens with one attached hydrogen (secondary N) is 1. The average Bonchev–Trinajstić information content (AvgIpc) is 2.61. The van der Waals surface area contributed by atoms with Crippen LogP contribution < -0.4 is 19.6 Å².